The van der Waals surface area contributed by atoms with Gasteiger partial charge in [-0.05, 0) is 84.2 Å². The predicted molar refractivity (Wildman–Crippen MR) is 240 cm³/mol. The van der Waals surface area contributed by atoms with Crippen molar-refractivity contribution in [1.29, 1.82) is 0 Å². The van der Waals surface area contributed by atoms with E-state index in [-0.39, 0.29) is 71.6 Å². The smallest absolute Gasteiger partial charge is 0.433 e. The molecule has 13 nitrogen and oxygen atoms in total. The van der Waals surface area contributed by atoms with Crippen LogP contribution in [0.2, 0.25) is 5.02 Å². The highest BCUT2D eigenvalue weighted by Gasteiger charge is 2.66. The van der Waals surface area contributed by atoms with Crippen molar-refractivity contribution < 1.29 is 46.3 Å². The molecule has 0 radical (unpaired) electrons. The maximum atomic E-state index is 16.5. The van der Waals surface area contributed by atoms with Gasteiger partial charge in [0, 0.05) is 84.5 Å². The molecule has 0 saturated carbocycles. The normalized spacial score (nSPS) is 25.0. The molecule has 0 aliphatic carbocycles. The molecule has 5 amide bonds. The number of nitrogens with one attached hydrogen (secondary N) is 2. The zero-order valence-corrected chi connectivity index (χ0v) is 38.1. The summed E-state index contributed by atoms with van der Waals surface area (Å²) >= 11 is 6.40. The van der Waals surface area contributed by atoms with Crippen molar-refractivity contribution in [3.8, 4) is 5.75 Å². The molecule has 3 aromatic carbocycles. The summed E-state index contributed by atoms with van der Waals surface area (Å²) in [6.45, 7) is 7.05. The van der Waals surface area contributed by atoms with Gasteiger partial charge in [0.15, 0.2) is 0 Å². The number of likely N-dealkylation sites (tertiary alicyclic amines) is 1. The van der Waals surface area contributed by atoms with Gasteiger partial charge >= 0.3 is 6.18 Å². The van der Waals surface area contributed by atoms with Gasteiger partial charge in [-0.15, -0.1) is 0 Å². The van der Waals surface area contributed by atoms with E-state index in [1.807, 2.05) is 32.9 Å². The molecule has 1 aromatic heterocycles. The molecule has 0 bridgehead atoms. The number of carbonyl (C=O) groups is 5. The number of imide groups is 1. The SMILES string of the molecule is COc1cc(C(=O)N2CCC[C@@H](c3ccc4c(c3)CN(C3CCC(=O)NC3=O)C4=O)C2)ccc1N1[C@@H](CC(C)(C)C)[C@@]2(CNc3cc(C(F)(F)F)ncc32)[C@@H](c2cccc(Cl)c2F)[C@@H]1C(N)=O. The molecule has 3 saturated heterocycles. The first-order valence-electron chi connectivity index (χ1n) is 22.3. The molecule has 1 unspecified atom stereocenters. The van der Waals surface area contributed by atoms with Gasteiger partial charge in [-0.25, -0.2) is 4.39 Å². The second kappa shape index (κ2) is 16.8. The van der Waals surface area contributed by atoms with Crippen molar-refractivity contribution in [2.24, 2.45) is 11.1 Å². The summed E-state index contributed by atoms with van der Waals surface area (Å²) in [5.41, 5.74) is 6.93. The first kappa shape index (κ1) is 45.9. The number of piperidine rings is 2. The van der Waals surface area contributed by atoms with E-state index in [1.165, 1.54) is 24.1 Å². The van der Waals surface area contributed by atoms with Crippen LogP contribution in [0.5, 0.6) is 5.75 Å². The van der Waals surface area contributed by atoms with Crippen molar-refractivity contribution in [3.63, 3.8) is 0 Å². The zero-order valence-electron chi connectivity index (χ0n) is 37.3. The van der Waals surface area contributed by atoms with Crippen LogP contribution in [0.15, 0.2) is 66.9 Å². The number of rotatable bonds is 8. The summed E-state index contributed by atoms with van der Waals surface area (Å²) in [4.78, 5) is 75.3. The Morgan fingerprint density at radius 1 is 1.03 bits per heavy atom. The summed E-state index contributed by atoms with van der Waals surface area (Å²) in [6.07, 6.45) is -1.35. The van der Waals surface area contributed by atoms with Gasteiger partial charge in [-0.3, -0.25) is 34.3 Å². The fraction of sp³-hybridized carbons (Fsp3) is 0.429. The van der Waals surface area contributed by atoms with Gasteiger partial charge in [0.2, 0.25) is 17.7 Å². The molecule has 1 spiro atoms. The van der Waals surface area contributed by atoms with E-state index in [2.05, 4.69) is 15.6 Å². The molecule has 3 fully saturated rings. The zero-order chi connectivity index (χ0) is 47.9. The molecule has 9 rings (SSSR count). The van der Waals surface area contributed by atoms with E-state index < -0.39 is 64.4 Å². The van der Waals surface area contributed by atoms with Crippen LogP contribution in [0.3, 0.4) is 0 Å². The van der Waals surface area contributed by atoms with Crippen molar-refractivity contribution >= 4 is 52.5 Å². The highest BCUT2D eigenvalue weighted by molar-refractivity contribution is 6.30. The van der Waals surface area contributed by atoms with Gasteiger partial charge in [0.25, 0.3) is 11.8 Å². The van der Waals surface area contributed by atoms with E-state index in [0.29, 0.717) is 48.3 Å². The van der Waals surface area contributed by atoms with E-state index >= 15 is 4.39 Å². The molecule has 18 heteroatoms. The molecular formula is C49H50ClF4N7O6. The number of nitrogens with zero attached hydrogens (tertiary/aromatic N) is 4. The number of fused-ring (bicyclic) bond motifs is 3. The number of hydrogen-bond acceptors (Lipinski definition) is 9. The van der Waals surface area contributed by atoms with Gasteiger partial charge in [0.05, 0.1) is 17.8 Å². The fourth-order valence-electron chi connectivity index (χ4n) is 11.3. The van der Waals surface area contributed by atoms with Crippen molar-refractivity contribution in [1.82, 2.24) is 20.1 Å². The lowest BCUT2D eigenvalue weighted by atomic mass is 9.63. The summed E-state index contributed by atoms with van der Waals surface area (Å²) < 4.78 is 64.7. The molecule has 4 aromatic rings. The molecule has 6 atom stereocenters. The van der Waals surface area contributed by atoms with Crippen LogP contribution in [0.25, 0.3) is 0 Å². The number of hydrogen-bond donors (Lipinski definition) is 3. The maximum Gasteiger partial charge on any atom is 0.433 e. The Labute approximate surface area is 389 Å². The molecule has 67 heavy (non-hydrogen) atoms. The third-order valence-electron chi connectivity index (χ3n) is 14.2. The molecule has 5 aliphatic rings. The quantitative estimate of drug-likeness (QED) is 0.121. The van der Waals surface area contributed by atoms with Gasteiger partial charge in [-0.1, -0.05) is 56.6 Å². The second-order valence-corrected chi connectivity index (χ2v) is 19.9. The third kappa shape index (κ3) is 7.91. The number of alkyl halides is 3. The molecule has 4 N–H and O–H groups in total. The van der Waals surface area contributed by atoms with Crippen molar-refractivity contribution in [3.05, 3.63) is 117 Å². The average Bonchev–Trinajstić information content (AvgIpc) is 3.92. The van der Waals surface area contributed by atoms with Crippen LogP contribution in [0, 0.1) is 11.2 Å². The number of anilines is 2. The van der Waals surface area contributed by atoms with Gasteiger partial charge < -0.3 is 30.5 Å². The van der Waals surface area contributed by atoms with E-state index in [1.54, 1.807) is 40.1 Å². The summed E-state index contributed by atoms with van der Waals surface area (Å²) in [7, 11) is 1.43. The summed E-state index contributed by atoms with van der Waals surface area (Å²) in [5.74, 6) is -3.94. The number of pyridine rings is 1. The van der Waals surface area contributed by atoms with Crippen LogP contribution in [-0.4, -0.2) is 89.2 Å². The van der Waals surface area contributed by atoms with Crippen molar-refractivity contribution in [2.45, 2.75) is 101 Å². The number of amides is 5. The largest absolute Gasteiger partial charge is 0.495 e. The summed E-state index contributed by atoms with van der Waals surface area (Å²) in [5, 5.41) is 5.29. The molecule has 352 valence electrons. The Balaban J connectivity index is 1.06. The van der Waals surface area contributed by atoms with E-state index in [4.69, 9.17) is 22.1 Å². The van der Waals surface area contributed by atoms with Crippen LogP contribution in [0.4, 0.5) is 28.9 Å². The fourth-order valence-corrected chi connectivity index (χ4v) is 11.5. The third-order valence-corrected chi connectivity index (χ3v) is 14.5. The second-order valence-electron chi connectivity index (χ2n) is 19.5. The highest BCUT2D eigenvalue weighted by atomic mass is 35.5. The van der Waals surface area contributed by atoms with Crippen molar-refractivity contribution in [2.75, 3.05) is 37.0 Å². The van der Waals surface area contributed by atoms with Crippen LogP contribution >= 0.6 is 11.6 Å². The number of methoxy groups -OCH3 is 1. The number of aromatic nitrogens is 1. The van der Waals surface area contributed by atoms with Gasteiger partial charge in [0.1, 0.15) is 29.3 Å². The number of carbonyl (C=O) groups excluding carboxylic acids is 5. The first-order chi connectivity index (χ1) is 31.7. The minimum absolute atomic E-state index is 0.00337. The Morgan fingerprint density at radius 2 is 1.81 bits per heavy atom. The molecule has 5 aliphatic heterocycles. The lowest BCUT2D eigenvalue weighted by Crippen LogP contribution is -2.52. The summed E-state index contributed by atoms with van der Waals surface area (Å²) in [6, 6.07) is 13.1. The number of primary amides is 1. The Hall–Kier alpha value is -6.23. The maximum absolute atomic E-state index is 16.5. The Kier molecular flexibility index (Phi) is 11.5. The first-order valence-corrected chi connectivity index (χ1v) is 22.7. The average molecular weight is 944 g/mol. The number of nitrogens with two attached hydrogens (primary N) is 1. The molecule has 6 heterocycles. The van der Waals surface area contributed by atoms with E-state index in [0.717, 1.165) is 29.8 Å². The number of benzene rings is 3. The standard InChI is InChI=1S/C49H50ClF4N7O6/c1-47(2,3)20-38-48(24-57-33-19-37(49(52,53)54)56-21-31(33)48)40(30-8-5-9-32(50)41(30)51)42(43(55)63)61(38)34-13-11-26(18-36(34)67-4)45(65)59-16-6-7-27(22-59)25-10-12-29-28(17-25)23-60(46(29)66)35-14-15-39(62)58-44(35)64/h5,8-13,17-19,21,27,35,38,40,42,57H,6-7,14-16,20,22-24H2,1-4H3,(H2,55,63)(H,58,62,64)/t27-,35?,38+,40+,42-,48+/m1/s1. The van der Waals surface area contributed by atoms with Crippen LogP contribution in [0.1, 0.15) is 113 Å². The lowest BCUT2D eigenvalue weighted by molar-refractivity contribution is -0.141. The lowest BCUT2D eigenvalue weighted by Gasteiger charge is -2.41. The topological polar surface area (TPSA) is 167 Å². The number of ether oxygens (including phenoxy) is 1. The van der Waals surface area contributed by atoms with E-state index in [9.17, 15) is 37.1 Å². The highest BCUT2D eigenvalue weighted by Crippen LogP contribution is 2.61. The Bertz CT molecular complexity index is 2730. The van der Waals surface area contributed by atoms with Crippen LogP contribution < -0.4 is 26.0 Å². The predicted octanol–water partition coefficient (Wildman–Crippen LogP) is 7.31. The number of halogens is 5. The van der Waals surface area contributed by atoms with Gasteiger partial charge in [-0.2, -0.15) is 13.2 Å². The van der Waals surface area contributed by atoms with Crippen LogP contribution in [-0.2, 0) is 32.5 Å². The Morgan fingerprint density at radius 3 is 2.51 bits per heavy atom. The minimum atomic E-state index is -4.75. The minimum Gasteiger partial charge on any atom is -0.495 e. The monoisotopic (exact) mass is 943 g/mol. The molecular weight excluding hydrogens is 894 g/mol.